The molecule has 0 aromatic heterocycles. The molecule has 1 aromatic carbocycles. The van der Waals surface area contributed by atoms with Crippen molar-refractivity contribution in [3.8, 4) is 6.07 Å². The molecule has 4 atom stereocenters. The molecule has 3 rings (SSSR count). The van der Waals surface area contributed by atoms with Gasteiger partial charge in [-0.2, -0.15) is 5.26 Å². The lowest BCUT2D eigenvalue weighted by atomic mass is 9.70. The maximum atomic E-state index is 12.3. The number of fused-ring (bicyclic) bond motifs is 1. The summed E-state index contributed by atoms with van der Waals surface area (Å²) in [4.78, 5) is 12.3. The molecule has 0 N–H and O–H groups in total. The van der Waals surface area contributed by atoms with Crippen LogP contribution >= 0.6 is 0 Å². The number of nitriles is 1. The van der Waals surface area contributed by atoms with Gasteiger partial charge >= 0.3 is 5.97 Å². The van der Waals surface area contributed by atoms with Crippen LogP contribution in [-0.4, -0.2) is 12.6 Å². The predicted octanol–water partition coefficient (Wildman–Crippen LogP) is 3.74. The number of ether oxygens (including phenoxy) is 1. The lowest BCUT2D eigenvalue weighted by Gasteiger charge is -2.32. The van der Waals surface area contributed by atoms with E-state index >= 15 is 0 Å². The van der Waals surface area contributed by atoms with Crippen LogP contribution in [0.1, 0.15) is 38.2 Å². The van der Waals surface area contributed by atoms with Gasteiger partial charge in [0.1, 0.15) is 5.92 Å². The fourth-order valence-corrected chi connectivity index (χ4v) is 4.45. The highest BCUT2D eigenvalue weighted by molar-refractivity contribution is 5.76. The quantitative estimate of drug-likeness (QED) is 0.778. The largest absolute Gasteiger partial charge is 0.465 e. The standard InChI is InChI=1S/C19H23NO2/c1-2-22-18(21)17(13-20)19(10-14-6-4-3-5-7-14)11-15-8-9-16(15)12-19/h3-7,15-17H,2,8-12H2,1H3/t15-,16+,17?,19?. The lowest BCUT2D eigenvalue weighted by molar-refractivity contribution is -0.150. The summed E-state index contributed by atoms with van der Waals surface area (Å²) in [6.07, 6.45) is 5.29. The van der Waals surface area contributed by atoms with Gasteiger partial charge in [0, 0.05) is 5.41 Å². The fraction of sp³-hybridized carbons (Fsp3) is 0.579. The Morgan fingerprint density at radius 3 is 2.45 bits per heavy atom. The van der Waals surface area contributed by atoms with Crippen molar-refractivity contribution in [2.75, 3.05) is 6.61 Å². The van der Waals surface area contributed by atoms with Crippen LogP contribution in [0.15, 0.2) is 30.3 Å². The van der Waals surface area contributed by atoms with Gasteiger partial charge in [-0.05, 0) is 56.4 Å². The van der Waals surface area contributed by atoms with Gasteiger partial charge in [-0.3, -0.25) is 4.79 Å². The average molecular weight is 297 g/mol. The second-order valence-electron chi connectivity index (χ2n) is 6.84. The van der Waals surface area contributed by atoms with Crippen LogP contribution in [0, 0.1) is 34.5 Å². The highest BCUT2D eigenvalue weighted by Gasteiger charge is 2.55. The van der Waals surface area contributed by atoms with Gasteiger partial charge in [-0.1, -0.05) is 30.3 Å². The van der Waals surface area contributed by atoms with Gasteiger partial charge in [0.15, 0.2) is 0 Å². The first-order valence-corrected chi connectivity index (χ1v) is 8.28. The summed E-state index contributed by atoms with van der Waals surface area (Å²) < 4.78 is 5.20. The third-order valence-corrected chi connectivity index (χ3v) is 5.58. The predicted molar refractivity (Wildman–Crippen MR) is 83.8 cm³/mol. The van der Waals surface area contributed by atoms with Gasteiger partial charge in [0.25, 0.3) is 0 Å². The second kappa shape index (κ2) is 6.12. The Bertz CT molecular complexity index is 563. The van der Waals surface area contributed by atoms with E-state index in [-0.39, 0.29) is 11.4 Å². The molecule has 0 saturated heterocycles. The van der Waals surface area contributed by atoms with Crippen LogP contribution in [0.25, 0.3) is 0 Å². The van der Waals surface area contributed by atoms with Gasteiger partial charge in [0.2, 0.25) is 0 Å². The van der Waals surface area contributed by atoms with Crippen LogP contribution in [-0.2, 0) is 16.0 Å². The number of esters is 1. The summed E-state index contributed by atoms with van der Waals surface area (Å²) in [5.41, 5.74) is 0.974. The SMILES string of the molecule is CCOC(=O)C(C#N)C1(Cc2ccccc2)C[C@H]2CC[C@H]2C1. The first-order valence-electron chi connectivity index (χ1n) is 8.28. The molecule has 2 aliphatic carbocycles. The van der Waals surface area contributed by atoms with Crippen molar-refractivity contribution < 1.29 is 9.53 Å². The molecule has 0 heterocycles. The van der Waals surface area contributed by atoms with Crippen LogP contribution in [0.2, 0.25) is 0 Å². The number of nitrogens with zero attached hydrogens (tertiary/aromatic N) is 1. The molecule has 2 aliphatic rings. The Morgan fingerprint density at radius 2 is 1.95 bits per heavy atom. The van der Waals surface area contributed by atoms with E-state index in [1.54, 1.807) is 6.92 Å². The zero-order chi connectivity index (χ0) is 15.6. The Kier molecular flexibility index (Phi) is 4.20. The summed E-state index contributed by atoms with van der Waals surface area (Å²) in [5.74, 6) is 0.434. The molecule has 116 valence electrons. The topological polar surface area (TPSA) is 50.1 Å². The van der Waals surface area contributed by atoms with Crippen molar-refractivity contribution in [3.05, 3.63) is 35.9 Å². The summed E-state index contributed by atoms with van der Waals surface area (Å²) in [7, 11) is 0. The van der Waals surface area contributed by atoms with E-state index in [2.05, 4.69) is 18.2 Å². The number of carbonyl (C=O) groups is 1. The summed E-state index contributed by atoms with van der Waals surface area (Å²) in [5, 5.41) is 9.67. The number of hydrogen-bond acceptors (Lipinski definition) is 3. The van der Waals surface area contributed by atoms with E-state index in [1.165, 1.54) is 18.4 Å². The van der Waals surface area contributed by atoms with Gasteiger partial charge in [0.05, 0.1) is 12.7 Å². The molecule has 3 nitrogen and oxygen atoms in total. The van der Waals surface area contributed by atoms with E-state index < -0.39 is 5.92 Å². The maximum absolute atomic E-state index is 12.3. The minimum atomic E-state index is -0.641. The van der Waals surface area contributed by atoms with Gasteiger partial charge < -0.3 is 4.74 Å². The van der Waals surface area contributed by atoms with E-state index in [0.29, 0.717) is 18.4 Å². The third-order valence-electron chi connectivity index (χ3n) is 5.58. The molecule has 2 unspecified atom stereocenters. The van der Waals surface area contributed by atoms with Crippen molar-refractivity contribution in [2.24, 2.45) is 23.2 Å². The molecular formula is C19H23NO2. The Hall–Kier alpha value is -1.82. The van der Waals surface area contributed by atoms with E-state index in [4.69, 9.17) is 4.74 Å². The lowest BCUT2D eigenvalue weighted by Crippen LogP contribution is -2.36. The van der Waals surface area contributed by atoms with Crippen molar-refractivity contribution in [1.82, 2.24) is 0 Å². The van der Waals surface area contributed by atoms with Crippen molar-refractivity contribution in [3.63, 3.8) is 0 Å². The molecule has 2 saturated carbocycles. The average Bonchev–Trinajstić information content (AvgIpc) is 2.74. The number of hydrogen-bond donors (Lipinski definition) is 0. The first-order chi connectivity index (χ1) is 10.7. The number of carbonyl (C=O) groups excluding carboxylic acids is 1. The summed E-state index contributed by atoms with van der Waals surface area (Å²) in [6.45, 7) is 2.14. The molecule has 0 radical (unpaired) electrons. The second-order valence-corrected chi connectivity index (χ2v) is 6.84. The van der Waals surface area contributed by atoms with E-state index in [9.17, 15) is 10.1 Å². The summed E-state index contributed by atoms with van der Waals surface area (Å²) in [6, 6.07) is 12.5. The maximum Gasteiger partial charge on any atom is 0.323 e. The van der Waals surface area contributed by atoms with Crippen molar-refractivity contribution >= 4 is 5.97 Å². The molecule has 1 aromatic rings. The molecule has 0 bridgehead atoms. The number of rotatable bonds is 5. The van der Waals surface area contributed by atoms with Crippen LogP contribution in [0.4, 0.5) is 0 Å². The van der Waals surface area contributed by atoms with Crippen LogP contribution in [0.3, 0.4) is 0 Å². The third kappa shape index (κ3) is 2.63. The van der Waals surface area contributed by atoms with Crippen molar-refractivity contribution in [1.29, 1.82) is 5.26 Å². The van der Waals surface area contributed by atoms with Gasteiger partial charge in [-0.15, -0.1) is 0 Å². The first kappa shape index (κ1) is 15.1. The zero-order valence-electron chi connectivity index (χ0n) is 13.1. The molecule has 22 heavy (non-hydrogen) atoms. The Morgan fingerprint density at radius 1 is 1.32 bits per heavy atom. The van der Waals surface area contributed by atoms with Gasteiger partial charge in [-0.25, -0.2) is 0 Å². The van der Waals surface area contributed by atoms with Crippen LogP contribution < -0.4 is 0 Å². The molecule has 0 aliphatic heterocycles. The fourth-order valence-electron chi connectivity index (χ4n) is 4.45. The van der Waals surface area contributed by atoms with E-state index in [0.717, 1.165) is 19.3 Å². The molecule has 0 amide bonds. The van der Waals surface area contributed by atoms with E-state index in [1.807, 2.05) is 18.2 Å². The highest BCUT2D eigenvalue weighted by atomic mass is 16.5. The highest BCUT2D eigenvalue weighted by Crippen LogP contribution is 2.59. The van der Waals surface area contributed by atoms with Crippen molar-refractivity contribution in [2.45, 2.75) is 39.0 Å². The summed E-state index contributed by atoms with van der Waals surface area (Å²) >= 11 is 0. The Labute approximate surface area is 132 Å². The smallest absolute Gasteiger partial charge is 0.323 e. The molecular weight excluding hydrogens is 274 g/mol. The monoisotopic (exact) mass is 297 g/mol. The number of benzene rings is 1. The molecule has 3 heteroatoms. The minimum Gasteiger partial charge on any atom is -0.465 e. The molecule has 2 fully saturated rings. The zero-order valence-corrected chi connectivity index (χ0v) is 13.1. The minimum absolute atomic E-state index is 0.242. The van der Waals surface area contributed by atoms with Crippen LogP contribution in [0.5, 0.6) is 0 Å². The molecule has 0 spiro atoms. The Balaban J connectivity index is 1.89. The normalized spacial score (nSPS) is 30.7.